The zero-order valence-electron chi connectivity index (χ0n) is 15.3. The van der Waals surface area contributed by atoms with E-state index in [0.29, 0.717) is 5.56 Å². The fourth-order valence-electron chi connectivity index (χ4n) is 2.87. The lowest BCUT2D eigenvalue weighted by molar-refractivity contribution is -0.384. The molecule has 0 saturated heterocycles. The molecule has 3 aromatic carbocycles. The summed E-state index contributed by atoms with van der Waals surface area (Å²) in [5.74, 6) is 0.0299. The van der Waals surface area contributed by atoms with E-state index in [1.54, 1.807) is 12.1 Å². The molecule has 28 heavy (non-hydrogen) atoms. The van der Waals surface area contributed by atoms with E-state index in [1.807, 2.05) is 55.5 Å². The Morgan fingerprint density at radius 1 is 1.00 bits per heavy atom. The zero-order chi connectivity index (χ0) is 20.1. The average molecular weight is 439 g/mol. The molecule has 6 heteroatoms. The Kier molecular flexibility index (Phi) is 6.21. The van der Waals surface area contributed by atoms with Crippen molar-refractivity contribution in [3.8, 4) is 0 Å². The van der Waals surface area contributed by atoms with Crippen LogP contribution in [0.5, 0.6) is 0 Å². The largest absolute Gasteiger partial charge is 0.378 e. The number of non-ortho nitro benzene ring substituents is 1. The van der Waals surface area contributed by atoms with Crippen molar-refractivity contribution in [1.29, 1.82) is 0 Å². The maximum Gasteiger partial charge on any atom is 0.269 e. The van der Waals surface area contributed by atoms with Crippen LogP contribution in [-0.2, 0) is 0 Å². The van der Waals surface area contributed by atoms with E-state index in [2.05, 4.69) is 21.2 Å². The van der Waals surface area contributed by atoms with Crippen LogP contribution in [0.4, 0.5) is 11.4 Å². The highest BCUT2D eigenvalue weighted by Gasteiger charge is 2.18. The van der Waals surface area contributed by atoms with Gasteiger partial charge in [0.1, 0.15) is 0 Å². The molecule has 0 amide bonds. The minimum atomic E-state index is -0.434. The Hall–Kier alpha value is -2.99. The predicted molar refractivity (Wildman–Crippen MR) is 114 cm³/mol. The smallest absolute Gasteiger partial charge is 0.269 e. The molecule has 1 N–H and O–H groups in total. The summed E-state index contributed by atoms with van der Waals surface area (Å²) in [6, 6.07) is 21.2. The molecule has 1 unspecified atom stereocenters. The highest BCUT2D eigenvalue weighted by Crippen LogP contribution is 2.27. The first-order valence-corrected chi connectivity index (χ1v) is 9.58. The Balaban J connectivity index is 1.84. The monoisotopic (exact) mass is 438 g/mol. The molecule has 5 nitrogen and oxygen atoms in total. The van der Waals surface area contributed by atoms with Crippen molar-refractivity contribution in [2.24, 2.45) is 0 Å². The topological polar surface area (TPSA) is 72.2 Å². The number of nitrogens with one attached hydrogen (secondary N) is 1. The van der Waals surface area contributed by atoms with Crippen molar-refractivity contribution >= 4 is 33.1 Å². The number of nitro groups is 1. The molecule has 3 rings (SSSR count). The number of ketones is 1. The SMILES string of the molecule is Cc1ccc(C(=O)CC(Nc2ccc([N+](=O)[O-])cc2)c2ccc(Br)cc2)cc1. The number of Topliss-reactive ketones (excluding diaryl/α,β-unsaturated/α-hetero) is 1. The van der Waals surface area contributed by atoms with Crippen LogP contribution in [0.2, 0.25) is 0 Å². The van der Waals surface area contributed by atoms with E-state index in [1.165, 1.54) is 12.1 Å². The number of carbonyl (C=O) groups is 1. The summed E-state index contributed by atoms with van der Waals surface area (Å²) in [6.07, 6.45) is 0.266. The summed E-state index contributed by atoms with van der Waals surface area (Å²) in [4.78, 5) is 23.2. The van der Waals surface area contributed by atoms with Crippen molar-refractivity contribution in [2.45, 2.75) is 19.4 Å². The first-order valence-electron chi connectivity index (χ1n) is 8.79. The first kappa shape index (κ1) is 19.8. The maximum atomic E-state index is 12.8. The van der Waals surface area contributed by atoms with Crippen LogP contribution in [0.3, 0.4) is 0 Å². The van der Waals surface area contributed by atoms with Crippen LogP contribution in [0.1, 0.15) is 33.9 Å². The van der Waals surface area contributed by atoms with Gasteiger partial charge in [0.25, 0.3) is 5.69 Å². The molecule has 0 aromatic heterocycles. The summed E-state index contributed by atoms with van der Waals surface area (Å²) < 4.78 is 0.954. The lowest BCUT2D eigenvalue weighted by Crippen LogP contribution is -2.16. The van der Waals surface area contributed by atoms with E-state index >= 15 is 0 Å². The number of anilines is 1. The molecule has 1 atom stereocenters. The van der Waals surface area contributed by atoms with Gasteiger partial charge in [-0.25, -0.2) is 0 Å². The number of nitrogens with zero attached hydrogens (tertiary/aromatic N) is 1. The van der Waals surface area contributed by atoms with Crippen LogP contribution in [-0.4, -0.2) is 10.7 Å². The minimum Gasteiger partial charge on any atom is -0.378 e. The molecule has 0 aliphatic heterocycles. The number of carbonyl (C=O) groups excluding carboxylic acids is 1. The van der Waals surface area contributed by atoms with Gasteiger partial charge in [-0.2, -0.15) is 0 Å². The van der Waals surface area contributed by atoms with E-state index < -0.39 is 4.92 Å². The predicted octanol–water partition coefficient (Wildman–Crippen LogP) is 6.09. The summed E-state index contributed by atoms with van der Waals surface area (Å²) in [5, 5.41) is 14.2. The molecular formula is C22H19BrN2O3. The summed E-state index contributed by atoms with van der Waals surface area (Å²) in [5.41, 5.74) is 3.47. The molecule has 0 aliphatic carbocycles. The van der Waals surface area contributed by atoms with Crippen LogP contribution in [0.15, 0.2) is 77.3 Å². The van der Waals surface area contributed by atoms with Crippen LogP contribution >= 0.6 is 15.9 Å². The van der Waals surface area contributed by atoms with Gasteiger partial charge in [0.2, 0.25) is 0 Å². The second kappa shape index (κ2) is 8.80. The fraction of sp³-hybridized carbons (Fsp3) is 0.136. The van der Waals surface area contributed by atoms with Gasteiger partial charge in [-0.1, -0.05) is 57.9 Å². The third-order valence-electron chi connectivity index (χ3n) is 4.45. The van der Waals surface area contributed by atoms with Crippen LogP contribution < -0.4 is 5.32 Å². The van der Waals surface area contributed by atoms with Gasteiger partial charge in [0, 0.05) is 34.3 Å². The van der Waals surface area contributed by atoms with Gasteiger partial charge < -0.3 is 5.32 Å². The van der Waals surface area contributed by atoms with Crippen molar-refractivity contribution < 1.29 is 9.72 Å². The van der Waals surface area contributed by atoms with Crippen LogP contribution in [0, 0.1) is 17.0 Å². The summed E-state index contributed by atoms with van der Waals surface area (Å²) in [7, 11) is 0. The minimum absolute atomic E-state index is 0.0291. The van der Waals surface area contributed by atoms with Gasteiger partial charge in [-0.15, -0.1) is 0 Å². The van der Waals surface area contributed by atoms with Gasteiger partial charge in [0.05, 0.1) is 11.0 Å². The Morgan fingerprint density at radius 3 is 2.18 bits per heavy atom. The standard InChI is InChI=1S/C22H19BrN2O3/c1-15-2-4-17(5-3-15)22(26)14-21(16-6-8-18(23)9-7-16)24-19-10-12-20(13-11-19)25(27)28/h2-13,21,24H,14H2,1H3. The number of halogens is 1. The summed E-state index contributed by atoms with van der Waals surface area (Å²) in [6.45, 7) is 1.98. The third-order valence-corrected chi connectivity index (χ3v) is 4.98. The lowest BCUT2D eigenvalue weighted by atomic mass is 9.97. The second-order valence-electron chi connectivity index (χ2n) is 6.55. The quantitative estimate of drug-likeness (QED) is 0.275. The summed E-state index contributed by atoms with van der Waals surface area (Å²) >= 11 is 3.43. The van der Waals surface area contributed by atoms with E-state index in [4.69, 9.17) is 0 Å². The van der Waals surface area contributed by atoms with Gasteiger partial charge in [0.15, 0.2) is 5.78 Å². The molecule has 0 fully saturated rings. The number of aryl methyl sites for hydroxylation is 1. The molecule has 0 heterocycles. The molecule has 0 radical (unpaired) electrons. The fourth-order valence-corrected chi connectivity index (χ4v) is 3.13. The van der Waals surface area contributed by atoms with E-state index in [0.717, 1.165) is 21.3 Å². The first-order chi connectivity index (χ1) is 13.4. The van der Waals surface area contributed by atoms with Crippen molar-refractivity contribution in [3.05, 3.63) is 104 Å². The highest BCUT2D eigenvalue weighted by molar-refractivity contribution is 9.10. The second-order valence-corrected chi connectivity index (χ2v) is 7.46. The highest BCUT2D eigenvalue weighted by atomic mass is 79.9. The molecule has 0 spiro atoms. The van der Waals surface area contributed by atoms with E-state index in [9.17, 15) is 14.9 Å². The van der Waals surface area contributed by atoms with Gasteiger partial charge in [-0.05, 0) is 36.8 Å². The Bertz CT molecular complexity index is 968. The van der Waals surface area contributed by atoms with Crippen molar-refractivity contribution in [1.82, 2.24) is 0 Å². The average Bonchev–Trinajstić information content (AvgIpc) is 2.69. The number of rotatable bonds is 7. The molecule has 0 aliphatic rings. The Labute approximate surface area is 171 Å². The lowest BCUT2D eigenvalue weighted by Gasteiger charge is -2.20. The maximum absolute atomic E-state index is 12.8. The van der Waals surface area contributed by atoms with Gasteiger partial charge >= 0.3 is 0 Å². The van der Waals surface area contributed by atoms with Crippen molar-refractivity contribution in [2.75, 3.05) is 5.32 Å². The Morgan fingerprint density at radius 2 is 1.61 bits per heavy atom. The van der Waals surface area contributed by atoms with E-state index in [-0.39, 0.29) is 23.9 Å². The van der Waals surface area contributed by atoms with Crippen LogP contribution in [0.25, 0.3) is 0 Å². The van der Waals surface area contributed by atoms with Gasteiger partial charge in [-0.3, -0.25) is 14.9 Å². The molecule has 3 aromatic rings. The number of hydrogen-bond donors (Lipinski definition) is 1. The zero-order valence-corrected chi connectivity index (χ0v) is 16.8. The normalized spacial score (nSPS) is 11.6. The number of nitro benzene ring substituents is 1. The number of hydrogen-bond acceptors (Lipinski definition) is 4. The molecule has 142 valence electrons. The molecule has 0 bridgehead atoms. The molecular weight excluding hydrogens is 420 g/mol. The molecule has 0 saturated carbocycles. The third kappa shape index (κ3) is 5.04. The number of benzene rings is 3. The van der Waals surface area contributed by atoms with Crippen molar-refractivity contribution in [3.63, 3.8) is 0 Å².